The van der Waals surface area contributed by atoms with Crippen molar-refractivity contribution in [1.29, 1.82) is 0 Å². The molecule has 1 aliphatic heterocycles. The van der Waals surface area contributed by atoms with Crippen LogP contribution >= 0.6 is 0 Å². The molecule has 1 aromatic rings. The average Bonchev–Trinajstić information content (AvgIpc) is 2.61. The van der Waals surface area contributed by atoms with Crippen LogP contribution in [-0.2, 0) is 9.59 Å². The van der Waals surface area contributed by atoms with Crippen LogP contribution in [0.3, 0.4) is 0 Å². The first-order valence-electron chi connectivity index (χ1n) is 8.06. The van der Waals surface area contributed by atoms with Gasteiger partial charge in [0.25, 0.3) is 0 Å². The Morgan fingerprint density at radius 3 is 2.57 bits per heavy atom. The number of aromatic nitrogens is 1. The van der Waals surface area contributed by atoms with Gasteiger partial charge < -0.3 is 20.2 Å². The van der Waals surface area contributed by atoms with Crippen LogP contribution in [0, 0.1) is 0 Å². The van der Waals surface area contributed by atoms with Crippen molar-refractivity contribution in [3.63, 3.8) is 0 Å². The first-order chi connectivity index (χ1) is 11.2. The van der Waals surface area contributed by atoms with Gasteiger partial charge in [-0.2, -0.15) is 0 Å². The number of piperazine rings is 1. The molecular formula is C16H24N4O3. The number of aliphatic hydroxyl groups excluding tert-OH is 1. The molecule has 1 aromatic heterocycles. The molecule has 0 spiro atoms. The van der Waals surface area contributed by atoms with E-state index in [1.807, 2.05) is 18.2 Å². The quantitative estimate of drug-likeness (QED) is 0.570. The Hall–Kier alpha value is -2.15. The second-order valence-corrected chi connectivity index (χ2v) is 5.51. The van der Waals surface area contributed by atoms with Gasteiger partial charge in [-0.05, 0) is 31.4 Å². The topological polar surface area (TPSA) is 85.8 Å². The fourth-order valence-electron chi connectivity index (χ4n) is 2.51. The molecule has 2 heterocycles. The summed E-state index contributed by atoms with van der Waals surface area (Å²) >= 11 is 0. The van der Waals surface area contributed by atoms with Crippen molar-refractivity contribution in [3.8, 4) is 0 Å². The van der Waals surface area contributed by atoms with Crippen molar-refractivity contribution >= 4 is 17.6 Å². The number of hydrogen-bond acceptors (Lipinski definition) is 5. The van der Waals surface area contributed by atoms with E-state index < -0.39 is 11.8 Å². The summed E-state index contributed by atoms with van der Waals surface area (Å²) in [6, 6.07) is 5.74. The minimum atomic E-state index is -0.541. The lowest BCUT2D eigenvalue weighted by atomic mass is 10.2. The second kappa shape index (κ2) is 9.09. The van der Waals surface area contributed by atoms with E-state index in [1.165, 1.54) is 0 Å². The Morgan fingerprint density at radius 1 is 1.13 bits per heavy atom. The SMILES string of the molecule is O=C(NCCCCCO)C(=O)N1CCN(c2ccccn2)CC1. The number of hydrogen-bond donors (Lipinski definition) is 2. The van der Waals surface area contributed by atoms with E-state index >= 15 is 0 Å². The highest BCUT2D eigenvalue weighted by molar-refractivity contribution is 6.35. The normalized spacial score (nSPS) is 14.7. The molecule has 0 bridgehead atoms. The lowest BCUT2D eigenvalue weighted by Crippen LogP contribution is -2.52. The maximum absolute atomic E-state index is 12.1. The zero-order valence-electron chi connectivity index (χ0n) is 13.3. The zero-order valence-corrected chi connectivity index (χ0v) is 13.3. The Balaban J connectivity index is 1.71. The van der Waals surface area contributed by atoms with Gasteiger partial charge >= 0.3 is 11.8 Å². The molecule has 23 heavy (non-hydrogen) atoms. The first-order valence-corrected chi connectivity index (χ1v) is 8.06. The predicted molar refractivity (Wildman–Crippen MR) is 87.0 cm³/mol. The number of carbonyl (C=O) groups excluding carboxylic acids is 2. The summed E-state index contributed by atoms with van der Waals surface area (Å²) in [7, 11) is 0. The number of unbranched alkanes of at least 4 members (excludes halogenated alkanes) is 2. The highest BCUT2D eigenvalue weighted by atomic mass is 16.3. The van der Waals surface area contributed by atoms with Crippen LogP contribution in [-0.4, -0.2) is 66.1 Å². The Bertz CT molecular complexity index is 501. The summed E-state index contributed by atoms with van der Waals surface area (Å²) in [5.41, 5.74) is 0. The summed E-state index contributed by atoms with van der Waals surface area (Å²) < 4.78 is 0. The molecule has 0 atom stereocenters. The minimum absolute atomic E-state index is 0.160. The molecule has 1 fully saturated rings. The van der Waals surface area contributed by atoms with Crippen LogP contribution in [0.1, 0.15) is 19.3 Å². The molecule has 1 saturated heterocycles. The molecule has 7 heteroatoms. The third kappa shape index (κ3) is 5.21. The average molecular weight is 320 g/mol. The number of anilines is 1. The number of carbonyl (C=O) groups is 2. The zero-order chi connectivity index (χ0) is 16.5. The van der Waals surface area contributed by atoms with Crippen molar-refractivity contribution in [3.05, 3.63) is 24.4 Å². The van der Waals surface area contributed by atoms with Gasteiger partial charge in [0.15, 0.2) is 0 Å². The molecule has 0 saturated carbocycles. The lowest BCUT2D eigenvalue weighted by molar-refractivity contribution is -0.146. The molecule has 0 aliphatic carbocycles. The molecule has 0 aromatic carbocycles. The van der Waals surface area contributed by atoms with Gasteiger partial charge in [0, 0.05) is 45.5 Å². The molecule has 2 amide bonds. The molecule has 1 aliphatic rings. The van der Waals surface area contributed by atoms with E-state index in [2.05, 4.69) is 15.2 Å². The number of nitrogens with zero attached hydrogens (tertiary/aromatic N) is 3. The van der Waals surface area contributed by atoms with Gasteiger partial charge in [0.05, 0.1) is 0 Å². The van der Waals surface area contributed by atoms with Gasteiger partial charge in [-0.3, -0.25) is 9.59 Å². The van der Waals surface area contributed by atoms with Gasteiger partial charge in [0.1, 0.15) is 5.82 Å². The molecule has 7 nitrogen and oxygen atoms in total. The number of rotatable bonds is 6. The van der Waals surface area contributed by atoms with Crippen molar-refractivity contribution in [2.75, 3.05) is 44.2 Å². The maximum Gasteiger partial charge on any atom is 0.312 e. The van der Waals surface area contributed by atoms with Crippen LogP contribution in [0.2, 0.25) is 0 Å². The van der Waals surface area contributed by atoms with Crippen LogP contribution in [0.25, 0.3) is 0 Å². The fraction of sp³-hybridized carbons (Fsp3) is 0.562. The van der Waals surface area contributed by atoms with Crippen molar-refractivity contribution in [2.24, 2.45) is 0 Å². The van der Waals surface area contributed by atoms with Crippen molar-refractivity contribution in [1.82, 2.24) is 15.2 Å². The van der Waals surface area contributed by atoms with E-state index in [1.54, 1.807) is 11.1 Å². The van der Waals surface area contributed by atoms with Crippen LogP contribution in [0.5, 0.6) is 0 Å². The molecule has 0 unspecified atom stereocenters. The first kappa shape index (κ1) is 17.2. The monoisotopic (exact) mass is 320 g/mol. The minimum Gasteiger partial charge on any atom is -0.396 e. The van der Waals surface area contributed by atoms with Crippen LogP contribution in [0.4, 0.5) is 5.82 Å². The maximum atomic E-state index is 12.1. The second-order valence-electron chi connectivity index (χ2n) is 5.51. The lowest BCUT2D eigenvalue weighted by Gasteiger charge is -2.34. The molecule has 2 N–H and O–H groups in total. The van der Waals surface area contributed by atoms with Crippen LogP contribution < -0.4 is 10.2 Å². The number of amides is 2. The Morgan fingerprint density at radius 2 is 1.91 bits per heavy atom. The Labute approximate surface area is 136 Å². The highest BCUT2D eigenvalue weighted by Crippen LogP contribution is 2.12. The van der Waals surface area contributed by atoms with Crippen LogP contribution in [0.15, 0.2) is 24.4 Å². The van der Waals surface area contributed by atoms with Gasteiger partial charge in [-0.25, -0.2) is 4.98 Å². The molecular weight excluding hydrogens is 296 g/mol. The van der Waals surface area contributed by atoms with E-state index in [9.17, 15) is 9.59 Å². The third-order valence-electron chi connectivity index (χ3n) is 3.85. The molecule has 2 rings (SSSR count). The number of nitrogens with one attached hydrogen (secondary N) is 1. The summed E-state index contributed by atoms with van der Waals surface area (Å²) in [5, 5.41) is 11.3. The summed E-state index contributed by atoms with van der Waals surface area (Å²) in [5.74, 6) is -0.110. The molecule has 0 radical (unpaired) electrons. The smallest absolute Gasteiger partial charge is 0.312 e. The van der Waals surface area contributed by atoms with Gasteiger partial charge in [-0.15, -0.1) is 0 Å². The largest absolute Gasteiger partial charge is 0.396 e. The van der Waals surface area contributed by atoms with Gasteiger partial charge in [0.2, 0.25) is 0 Å². The summed E-state index contributed by atoms with van der Waals surface area (Å²) in [6.45, 7) is 3.02. The van der Waals surface area contributed by atoms with E-state index in [4.69, 9.17) is 5.11 Å². The standard InChI is InChI=1S/C16H24N4O3/c21-13-5-1-3-8-18-15(22)16(23)20-11-9-19(10-12-20)14-6-2-4-7-17-14/h2,4,6-7,21H,1,3,5,8-13H2,(H,18,22). The fourth-order valence-corrected chi connectivity index (χ4v) is 2.51. The summed E-state index contributed by atoms with van der Waals surface area (Å²) in [6.07, 6.45) is 4.08. The van der Waals surface area contributed by atoms with E-state index in [-0.39, 0.29) is 6.61 Å². The number of pyridine rings is 1. The predicted octanol–water partition coefficient (Wildman–Crippen LogP) is 0.00900. The third-order valence-corrected chi connectivity index (χ3v) is 3.85. The van der Waals surface area contributed by atoms with Crippen molar-refractivity contribution < 1.29 is 14.7 Å². The molecule has 126 valence electrons. The Kier molecular flexibility index (Phi) is 6.80. The van der Waals surface area contributed by atoms with E-state index in [0.717, 1.165) is 25.1 Å². The van der Waals surface area contributed by atoms with Gasteiger partial charge in [-0.1, -0.05) is 6.07 Å². The van der Waals surface area contributed by atoms with Crippen molar-refractivity contribution in [2.45, 2.75) is 19.3 Å². The highest BCUT2D eigenvalue weighted by Gasteiger charge is 2.26. The summed E-state index contributed by atoms with van der Waals surface area (Å²) in [4.78, 5) is 31.9. The number of aliphatic hydroxyl groups is 1. The van der Waals surface area contributed by atoms with E-state index in [0.29, 0.717) is 32.7 Å².